The summed E-state index contributed by atoms with van der Waals surface area (Å²) in [7, 11) is 4.15. The third kappa shape index (κ3) is 4.05. The third-order valence-electron chi connectivity index (χ3n) is 8.13. The number of ketones is 1. The van der Waals surface area contributed by atoms with Crippen LogP contribution in [0.25, 0.3) is 22.3 Å². The van der Waals surface area contributed by atoms with Crippen LogP contribution < -0.4 is 14.2 Å². The molecule has 3 atom stereocenters. The summed E-state index contributed by atoms with van der Waals surface area (Å²) in [6.45, 7) is 1.80. The van der Waals surface area contributed by atoms with Gasteiger partial charge in [0.05, 0.1) is 33.1 Å². The van der Waals surface area contributed by atoms with Crippen molar-refractivity contribution in [3.63, 3.8) is 0 Å². The number of ether oxygens (including phenoxy) is 4. The first-order chi connectivity index (χ1) is 20.2. The molecule has 214 valence electrons. The van der Waals surface area contributed by atoms with Crippen LogP contribution in [-0.2, 0) is 10.3 Å². The van der Waals surface area contributed by atoms with Gasteiger partial charge in [0.25, 0.3) is 0 Å². The summed E-state index contributed by atoms with van der Waals surface area (Å²) in [6.07, 6.45) is -0.798. The summed E-state index contributed by atoms with van der Waals surface area (Å²) >= 11 is 6.65. The number of carbonyl (C=O) groups excluding carboxylic acids is 2. The first kappa shape index (κ1) is 27.8. The summed E-state index contributed by atoms with van der Waals surface area (Å²) < 4.78 is 22.5. The Kier molecular flexibility index (Phi) is 6.91. The molecule has 4 aromatic rings. The van der Waals surface area contributed by atoms with Gasteiger partial charge in [-0.05, 0) is 34.7 Å². The lowest BCUT2D eigenvalue weighted by Gasteiger charge is -2.41. The van der Waals surface area contributed by atoms with E-state index in [1.54, 1.807) is 13.0 Å². The Morgan fingerprint density at radius 1 is 0.976 bits per heavy atom. The lowest BCUT2D eigenvalue weighted by atomic mass is 9.69. The molecule has 1 aliphatic carbocycles. The summed E-state index contributed by atoms with van der Waals surface area (Å²) in [5, 5.41) is 11.6. The molecule has 2 aliphatic rings. The average molecular weight is 586 g/mol. The van der Waals surface area contributed by atoms with Gasteiger partial charge < -0.3 is 24.1 Å². The monoisotopic (exact) mass is 585 g/mol. The number of methoxy groups -OCH3 is 3. The molecule has 9 heteroatoms. The average Bonchev–Trinajstić information content (AvgIpc) is 3.34. The number of aliphatic hydroxyl groups excluding tert-OH is 1. The highest BCUT2D eigenvalue weighted by molar-refractivity contribution is 6.35. The number of halogens is 1. The summed E-state index contributed by atoms with van der Waals surface area (Å²) in [6, 6.07) is 20.8. The molecule has 1 aromatic heterocycles. The predicted octanol–water partition coefficient (Wildman–Crippen LogP) is 6.42. The second-order valence-corrected chi connectivity index (χ2v) is 10.7. The van der Waals surface area contributed by atoms with Crippen LogP contribution >= 0.6 is 11.6 Å². The van der Waals surface area contributed by atoms with Crippen molar-refractivity contribution in [2.75, 3.05) is 21.3 Å². The number of Topliss-reactive ketones (excluding diaryl/α,β-unsaturated/α-hetero) is 1. The van der Waals surface area contributed by atoms with Crippen molar-refractivity contribution in [2.24, 2.45) is 5.92 Å². The smallest absolute Gasteiger partial charge is 0.356 e. The van der Waals surface area contributed by atoms with Crippen molar-refractivity contribution in [3.05, 3.63) is 94.3 Å². The van der Waals surface area contributed by atoms with E-state index in [0.717, 1.165) is 16.7 Å². The minimum atomic E-state index is -1.69. The number of hydrogen-bond acceptors (Lipinski definition) is 8. The van der Waals surface area contributed by atoms with Crippen molar-refractivity contribution < 1.29 is 33.6 Å². The van der Waals surface area contributed by atoms with Crippen LogP contribution in [0.5, 0.6) is 17.2 Å². The van der Waals surface area contributed by atoms with Gasteiger partial charge in [-0.1, -0.05) is 73.1 Å². The van der Waals surface area contributed by atoms with Crippen molar-refractivity contribution >= 4 is 23.4 Å². The number of rotatable bonds is 5. The van der Waals surface area contributed by atoms with E-state index in [4.69, 9.17) is 30.5 Å². The van der Waals surface area contributed by atoms with Crippen molar-refractivity contribution in [1.29, 1.82) is 0 Å². The minimum Gasteiger partial charge on any atom is -0.496 e. The highest BCUT2D eigenvalue weighted by Gasteiger charge is 2.60. The number of nitrogens with zero attached hydrogens (tertiary/aromatic N) is 1. The zero-order chi connectivity index (χ0) is 29.8. The molecule has 1 aliphatic heterocycles. The van der Waals surface area contributed by atoms with Crippen LogP contribution in [0, 0.1) is 5.92 Å². The van der Waals surface area contributed by atoms with Gasteiger partial charge in [0, 0.05) is 17.5 Å². The third-order valence-corrected chi connectivity index (χ3v) is 8.49. The maximum Gasteiger partial charge on any atom is 0.356 e. The van der Waals surface area contributed by atoms with Gasteiger partial charge in [0.2, 0.25) is 11.4 Å². The van der Waals surface area contributed by atoms with Crippen molar-refractivity contribution in [1.82, 2.24) is 4.98 Å². The van der Waals surface area contributed by atoms with Crippen LogP contribution in [0.15, 0.2) is 66.7 Å². The highest BCUT2D eigenvalue weighted by Crippen LogP contribution is 2.58. The molecular weight excluding hydrogens is 558 g/mol. The summed E-state index contributed by atoms with van der Waals surface area (Å²) in [5.41, 5.74) is 2.29. The van der Waals surface area contributed by atoms with E-state index >= 15 is 0 Å². The van der Waals surface area contributed by atoms with E-state index in [0.29, 0.717) is 11.1 Å². The molecule has 1 spiro atoms. The van der Waals surface area contributed by atoms with Gasteiger partial charge in [-0.25, -0.2) is 9.78 Å². The maximum absolute atomic E-state index is 14.4. The van der Waals surface area contributed by atoms with Crippen molar-refractivity contribution in [3.8, 4) is 39.5 Å². The molecule has 0 bridgehead atoms. The van der Waals surface area contributed by atoms with E-state index in [1.165, 1.54) is 27.4 Å². The predicted molar refractivity (Wildman–Crippen MR) is 156 cm³/mol. The van der Waals surface area contributed by atoms with Crippen LogP contribution in [0.1, 0.15) is 51.6 Å². The zero-order valence-electron chi connectivity index (χ0n) is 23.4. The molecule has 8 nitrogen and oxygen atoms in total. The van der Waals surface area contributed by atoms with E-state index in [1.807, 2.05) is 54.6 Å². The molecule has 0 amide bonds. The molecule has 2 heterocycles. The fraction of sp³-hybridized carbons (Fsp3) is 0.242. The fourth-order valence-corrected chi connectivity index (χ4v) is 6.29. The Morgan fingerprint density at radius 3 is 2.26 bits per heavy atom. The van der Waals surface area contributed by atoms with Gasteiger partial charge in [0.15, 0.2) is 5.75 Å². The van der Waals surface area contributed by atoms with E-state index in [2.05, 4.69) is 4.98 Å². The number of hydrogen-bond donors (Lipinski definition) is 1. The highest BCUT2D eigenvalue weighted by atomic mass is 35.5. The van der Waals surface area contributed by atoms with Gasteiger partial charge in [-0.2, -0.15) is 0 Å². The Labute approximate surface area is 247 Å². The molecule has 1 N–H and O–H groups in total. The normalized spacial score (nSPS) is 20.5. The van der Waals surface area contributed by atoms with E-state index < -0.39 is 29.4 Å². The van der Waals surface area contributed by atoms with Crippen LogP contribution in [0.2, 0.25) is 5.02 Å². The molecule has 0 saturated heterocycles. The molecule has 3 unspecified atom stereocenters. The molecule has 0 fully saturated rings. The van der Waals surface area contributed by atoms with Gasteiger partial charge in [0.1, 0.15) is 27.8 Å². The van der Waals surface area contributed by atoms with Crippen molar-refractivity contribution in [2.45, 2.75) is 25.0 Å². The van der Waals surface area contributed by atoms with Crippen LogP contribution in [0.4, 0.5) is 0 Å². The number of aromatic nitrogens is 1. The first-order valence-electron chi connectivity index (χ1n) is 13.4. The lowest BCUT2D eigenvalue weighted by molar-refractivity contribution is -0.00612. The fourth-order valence-electron chi connectivity index (χ4n) is 6.03. The molecular formula is C33H28ClNO7. The first-order valence-corrected chi connectivity index (χ1v) is 13.8. The second kappa shape index (κ2) is 10.5. The quantitative estimate of drug-likeness (QED) is 0.268. The topological polar surface area (TPSA) is 104 Å². The van der Waals surface area contributed by atoms with Crippen LogP contribution in [0.3, 0.4) is 0 Å². The zero-order valence-corrected chi connectivity index (χ0v) is 24.2. The minimum absolute atomic E-state index is 0.0259. The van der Waals surface area contributed by atoms with Crippen LogP contribution in [-0.4, -0.2) is 43.2 Å². The maximum atomic E-state index is 14.4. The summed E-state index contributed by atoms with van der Waals surface area (Å²) in [5.74, 6) is -1.07. The number of pyridine rings is 1. The van der Waals surface area contributed by atoms with E-state index in [-0.39, 0.29) is 45.6 Å². The Morgan fingerprint density at radius 2 is 1.62 bits per heavy atom. The largest absolute Gasteiger partial charge is 0.496 e. The summed E-state index contributed by atoms with van der Waals surface area (Å²) in [4.78, 5) is 32.0. The Bertz CT molecular complexity index is 1720. The SMILES string of the molecule is COC(=O)c1cc(-c2ccc(-c3ccccc3)cc2)c2c(n1)C1(Oc3c(Cl)c(OC)cc(OC)c3C1=O)C(C)CC2O. The van der Waals surface area contributed by atoms with Gasteiger partial charge in [-0.15, -0.1) is 0 Å². The number of esters is 1. The molecule has 3 aromatic carbocycles. The molecule has 42 heavy (non-hydrogen) atoms. The lowest BCUT2D eigenvalue weighted by Crippen LogP contribution is -2.48. The van der Waals surface area contributed by atoms with Gasteiger partial charge in [-0.3, -0.25) is 4.79 Å². The number of aliphatic hydroxyl groups is 1. The molecule has 0 radical (unpaired) electrons. The Hall–Kier alpha value is -4.40. The number of benzene rings is 3. The second-order valence-electron chi connectivity index (χ2n) is 10.4. The van der Waals surface area contributed by atoms with E-state index in [9.17, 15) is 14.7 Å². The number of fused-ring (bicyclic) bond motifs is 3. The molecule has 0 saturated carbocycles. The molecule has 6 rings (SSSR count). The standard InChI is InChI=1S/C33H28ClNO7/c1-17-14-23(36)26-21(20-12-10-19(11-13-20)18-8-6-5-7-9-18)15-22(32(38)41-4)35-30(26)33(17)31(37)27-24(39-2)16-25(40-3)28(34)29(27)42-33/h5-13,15-17,23,36H,14H2,1-4H3. The Balaban J connectivity index is 1.59. The number of carbonyl (C=O) groups is 2. The van der Waals surface area contributed by atoms with Gasteiger partial charge >= 0.3 is 5.97 Å².